The Morgan fingerprint density at radius 3 is 2.52 bits per heavy atom. The second kappa shape index (κ2) is 9.24. The number of amides is 1. The molecular formula is C21H30N3O2S+. The molecule has 6 heteroatoms. The van der Waals surface area contributed by atoms with Crippen LogP contribution in [-0.2, 0) is 4.79 Å². The summed E-state index contributed by atoms with van der Waals surface area (Å²) in [6.45, 7) is 8.18. The number of benzene rings is 1. The number of nitrogens with one attached hydrogen (secondary N) is 2. The molecule has 3 rings (SSSR count). The van der Waals surface area contributed by atoms with Crippen molar-refractivity contribution in [2.45, 2.75) is 32.4 Å². The molecular weight excluding hydrogens is 358 g/mol. The van der Waals surface area contributed by atoms with E-state index in [0.717, 1.165) is 31.9 Å². The summed E-state index contributed by atoms with van der Waals surface area (Å²) in [7, 11) is 1.69. The fraction of sp³-hybridized carbons (Fsp3) is 0.476. The maximum absolute atomic E-state index is 11.9. The number of quaternary nitrogens is 1. The summed E-state index contributed by atoms with van der Waals surface area (Å²) in [6, 6.07) is 13.0. The number of thiophene rings is 1. The summed E-state index contributed by atoms with van der Waals surface area (Å²) in [5.74, 6) is 1.02. The first-order valence-corrected chi connectivity index (χ1v) is 10.6. The van der Waals surface area contributed by atoms with Gasteiger partial charge in [-0.15, -0.1) is 11.3 Å². The number of rotatable bonds is 7. The van der Waals surface area contributed by atoms with Crippen LogP contribution < -0.4 is 19.9 Å². The molecule has 2 heterocycles. The minimum absolute atomic E-state index is 0.124. The molecule has 0 radical (unpaired) electrons. The number of nitrogens with zero attached hydrogens (tertiary/aromatic N) is 1. The van der Waals surface area contributed by atoms with Crippen molar-refractivity contribution in [1.29, 1.82) is 0 Å². The molecule has 5 nitrogen and oxygen atoms in total. The van der Waals surface area contributed by atoms with Crippen molar-refractivity contribution in [3.05, 3.63) is 46.7 Å². The molecule has 2 N–H and O–H groups in total. The predicted octanol–water partition coefficient (Wildman–Crippen LogP) is 2.12. The lowest BCUT2D eigenvalue weighted by molar-refractivity contribution is -0.933. The Hall–Kier alpha value is -2.05. The maximum Gasteiger partial charge on any atom is 0.220 e. The molecule has 1 saturated heterocycles. The normalized spacial score (nSPS) is 17.4. The third kappa shape index (κ3) is 4.82. The molecule has 2 atom stereocenters. The van der Waals surface area contributed by atoms with Crippen LogP contribution in [0.25, 0.3) is 0 Å². The molecule has 1 amide bonds. The Morgan fingerprint density at radius 2 is 1.96 bits per heavy atom. The molecule has 0 saturated carbocycles. The summed E-state index contributed by atoms with van der Waals surface area (Å²) in [4.78, 5) is 17.3. The second-order valence-electron chi connectivity index (χ2n) is 7.05. The van der Waals surface area contributed by atoms with Crippen molar-refractivity contribution < 1.29 is 14.4 Å². The number of anilines is 1. The fourth-order valence-corrected chi connectivity index (χ4v) is 4.85. The maximum atomic E-state index is 11.9. The van der Waals surface area contributed by atoms with E-state index in [4.69, 9.17) is 4.74 Å². The number of carbonyl (C=O) groups is 1. The van der Waals surface area contributed by atoms with Crippen LogP contribution in [0.2, 0.25) is 0 Å². The third-order valence-electron chi connectivity index (χ3n) is 5.34. The molecule has 1 aliphatic heterocycles. The largest absolute Gasteiger partial charge is 0.497 e. The van der Waals surface area contributed by atoms with Crippen LogP contribution in [0.1, 0.15) is 31.2 Å². The smallest absolute Gasteiger partial charge is 0.220 e. The molecule has 1 aromatic heterocycles. The van der Waals surface area contributed by atoms with Gasteiger partial charge in [0.05, 0.1) is 44.2 Å². The minimum atomic E-state index is 0.124. The first-order valence-electron chi connectivity index (χ1n) is 9.68. The minimum Gasteiger partial charge on any atom is -0.497 e. The van der Waals surface area contributed by atoms with Crippen LogP contribution in [0.5, 0.6) is 5.75 Å². The zero-order chi connectivity index (χ0) is 19.2. The van der Waals surface area contributed by atoms with Crippen LogP contribution in [-0.4, -0.2) is 45.2 Å². The average molecular weight is 389 g/mol. The van der Waals surface area contributed by atoms with Gasteiger partial charge < -0.3 is 19.9 Å². The van der Waals surface area contributed by atoms with Crippen LogP contribution in [0.15, 0.2) is 41.8 Å². The average Bonchev–Trinajstić information content (AvgIpc) is 3.23. The highest BCUT2D eigenvalue weighted by molar-refractivity contribution is 7.10. The van der Waals surface area contributed by atoms with Crippen molar-refractivity contribution in [3.63, 3.8) is 0 Å². The Bertz CT molecular complexity index is 710. The highest BCUT2D eigenvalue weighted by Crippen LogP contribution is 2.22. The van der Waals surface area contributed by atoms with Crippen molar-refractivity contribution in [2.75, 3.05) is 38.2 Å². The van der Waals surface area contributed by atoms with Gasteiger partial charge in [-0.3, -0.25) is 4.79 Å². The Kier molecular flexibility index (Phi) is 6.74. The number of hydrogen-bond acceptors (Lipinski definition) is 4. The fourth-order valence-electron chi connectivity index (χ4n) is 3.86. The molecule has 146 valence electrons. The molecule has 0 unspecified atom stereocenters. The van der Waals surface area contributed by atoms with Gasteiger partial charge in [0.15, 0.2) is 0 Å². The zero-order valence-electron chi connectivity index (χ0n) is 16.4. The first kappa shape index (κ1) is 19.7. The van der Waals surface area contributed by atoms with Crippen molar-refractivity contribution in [3.8, 4) is 5.75 Å². The summed E-state index contributed by atoms with van der Waals surface area (Å²) < 4.78 is 5.26. The number of piperazine rings is 1. The molecule has 1 aromatic carbocycles. The van der Waals surface area contributed by atoms with E-state index in [2.05, 4.69) is 46.8 Å². The molecule has 1 fully saturated rings. The van der Waals surface area contributed by atoms with Gasteiger partial charge in [0, 0.05) is 12.1 Å². The molecule has 1 aliphatic rings. The Balaban J connectivity index is 1.67. The molecule has 0 bridgehead atoms. The van der Waals surface area contributed by atoms with E-state index in [9.17, 15) is 4.79 Å². The summed E-state index contributed by atoms with van der Waals surface area (Å²) >= 11 is 1.79. The van der Waals surface area contributed by atoms with Gasteiger partial charge in [-0.2, -0.15) is 0 Å². The van der Waals surface area contributed by atoms with Crippen molar-refractivity contribution in [2.24, 2.45) is 0 Å². The second-order valence-corrected chi connectivity index (χ2v) is 8.03. The molecule has 0 aliphatic carbocycles. The number of hydrogen-bond donors (Lipinski definition) is 2. The van der Waals surface area contributed by atoms with Crippen LogP contribution >= 0.6 is 11.3 Å². The summed E-state index contributed by atoms with van der Waals surface area (Å²) in [5, 5.41) is 5.32. The lowest BCUT2D eigenvalue weighted by Crippen LogP contribution is -3.16. The topological polar surface area (TPSA) is 46.0 Å². The van der Waals surface area contributed by atoms with Gasteiger partial charge in [-0.05, 0) is 42.6 Å². The first-order chi connectivity index (χ1) is 13.1. The standard InChI is InChI=1S/C21H29N3O2S/c1-4-20(25)22-16(2)21(19-6-5-15-27-19)24-13-11-23(12-14-24)17-7-9-18(26-3)10-8-17/h5-10,15-16,21H,4,11-14H2,1-3H3,(H,22,25)/p+1/t16-,21-/m1/s1. The van der Waals surface area contributed by atoms with E-state index < -0.39 is 0 Å². The van der Waals surface area contributed by atoms with E-state index >= 15 is 0 Å². The van der Waals surface area contributed by atoms with Crippen LogP contribution in [0.3, 0.4) is 0 Å². The van der Waals surface area contributed by atoms with Gasteiger partial charge in [0.2, 0.25) is 5.91 Å². The van der Waals surface area contributed by atoms with Gasteiger partial charge in [0.25, 0.3) is 0 Å². The highest BCUT2D eigenvalue weighted by atomic mass is 32.1. The third-order valence-corrected chi connectivity index (χ3v) is 6.30. The summed E-state index contributed by atoms with van der Waals surface area (Å²) in [5.41, 5.74) is 1.25. The van der Waals surface area contributed by atoms with Crippen LogP contribution in [0.4, 0.5) is 5.69 Å². The monoisotopic (exact) mass is 388 g/mol. The van der Waals surface area contributed by atoms with Crippen LogP contribution in [0, 0.1) is 0 Å². The van der Waals surface area contributed by atoms with Gasteiger partial charge in [-0.25, -0.2) is 0 Å². The van der Waals surface area contributed by atoms with E-state index in [1.807, 2.05) is 19.1 Å². The molecule has 0 spiro atoms. The van der Waals surface area contributed by atoms with Crippen molar-refractivity contribution >= 4 is 22.9 Å². The lowest BCUT2D eigenvalue weighted by atomic mass is 10.0. The number of methoxy groups -OCH3 is 1. The van der Waals surface area contributed by atoms with E-state index in [0.29, 0.717) is 12.5 Å². The quantitative estimate of drug-likeness (QED) is 0.764. The number of carbonyl (C=O) groups excluding carboxylic acids is 1. The SMILES string of the molecule is CCC(=O)N[C@H](C)[C@H](c1cccs1)[NH+]1CCN(c2ccc(OC)cc2)CC1. The summed E-state index contributed by atoms with van der Waals surface area (Å²) in [6.07, 6.45) is 0.530. The Labute approximate surface area is 165 Å². The van der Waals surface area contributed by atoms with Gasteiger partial charge in [-0.1, -0.05) is 13.0 Å². The predicted molar refractivity (Wildman–Crippen MR) is 111 cm³/mol. The molecule has 27 heavy (non-hydrogen) atoms. The number of ether oxygens (including phenoxy) is 1. The van der Waals surface area contributed by atoms with Gasteiger partial charge >= 0.3 is 0 Å². The highest BCUT2D eigenvalue weighted by Gasteiger charge is 2.34. The van der Waals surface area contributed by atoms with E-state index in [1.165, 1.54) is 10.6 Å². The Morgan fingerprint density at radius 1 is 1.26 bits per heavy atom. The van der Waals surface area contributed by atoms with E-state index in [-0.39, 0.29) is 11.9 Å². The zero-order valence-corrected chi connectivity index (χ0v) is 17.2. The molecule has 2 aromatic rings. The van der Waals surface area contributed by atoms with E-state index in [1.54, 1.807) is 23.3 Å². The lowest BCUT2D eigenvalue weighted by Gasteiger charge is -2.39. The van der Waals surface area contributed by atoms with Gasteiger partial charge in [0.1, 0.15) is 11.8 Å². The van der Waals surface area contributed by atoms with Crippen molar-refractivity contribution in [1.82, 2.24) is 5.32 Å².